The maximum atomic E-state index is 9.69. The highest BCUT2D eigenvalue weighted by Gasteiger charge is 2.42. The third-order valence-electron chi connectivity index (χ3n) is 3.40. The summed E-state index contributed by atoms with van der Waals surface area (Å²) < 4.78 is 0. The van der Waals surface area contributed by atoms with E-state index in [0.717, 1.165) is 19.4 Å². The van der Waals surface area contributed by atoms with Crippen LogP contribution in [-0.2, 0) is 0 Å². The molecule has 4 heteroatoms. The number of piperidine rings is 2. The largest absolute Gasteiger partial charge is 0.390 e. The maximum Gasteiger partial charge on any atom is 0.129 e. The van der Waals surface area contributed by atoms with Crippen molar-refractivity contribution in [2.45, 2.75) is 43.6 Å². The van der Waals surface area contributed by atoms with Crippen LogP contribution in [0.1, 0.15) is 19.3 Å². The first-order chi connectivity index (χ1) is 6.18. The first-order valence-corrected chi connectivity index (χ1v) is 5.07. The Hall–Kier alpha value is -0.160. The highest BCUT2D eigenvalue weighted by Crippen LogP contribution is 2.14. The van der Waals surface area contributed by atoms with Crippen LogP contribution in [0.15, 0.2) is 0 Å². The van der Waals surface area contributed by atoms with Crippen molar-refractivity contribution >= 4 is 0 Å². The van der Waals surface area contributed by atoms with Gasteiger partial charge in [-0.25, -0.2) is 0 Å². The SMILES string of the molecule is OC1CC2C(O)CCC[NH+]2CC1O. The van der Waals surface area contributed by atoms with Crippen LogP contribution >= 0.6 is 0 Å². The van der Waals surface area contributed by atoms with Crippen LogP contribution < -0.4 is 4.90 Å². The molecular formula is C9H18NO3+. The summed E-state index contributed by atoms with van der Waals surface area (Å²) >= 11 is 0. The lowest BCUT2D eigenvalue weighted by molar-refractivity contribution is -0.944. The van der Waals surface area contributed by atoms with Crippen LogP contribution in [-0.4, -0.2) is 52.8 Å². The Morgan fingerprint density at radius 2 is 1.77 bits per heavy atom. The quantitative estimate of drug-likeness (QED) is 0.340. The Morgan fingerprint density at radius 1 is 1.00 bits per heavy atom. The van der Waals surface area contributed by atoms with Gasteiger partial charge in [0, 0.05) is 6.42 Å². The monoisotopic (exact) mass is 188 g/mol. The van der Waals surface area contributed by atoms with Crippen molar-refractivity contribution in [3.05, 3.63) is 0 Å². The second-order valence-corrected chi connectivity index (χ2v) is 4.30. The van der Waals surface area contributed by atoms with E-state index in [9.17, 15) is 15.3 Å². The standard InChI is InChI=1S/C9H17NO3/c11-7-2-1-3-10-5-9(13)8(12)4-6(7)10/h6-9,11-13H,1-5H2/p+1. The van der Waals surface area contributed by atoms with E-state index in [0.29, 0.717) is 13.0 Å². The smallest absolute Gasteiger partial charge is 0.129 e. The van der Waals surface area contributed by atoms with Crippen LogP contribution in [0.4, 0.5) is 0 Å². The molecule has 0 spiro atoms. The zero-order valence-electron chi connectivity index (χ0n) is 7.69. The van der Waals surface area contributed by atoms with E-state index in [2.05, 4.69) is 0 Å². The second kappa shape index (κ2) is 3.53. The number of quaternary nitrogens is 1. The summed E-state index contributed by atoms with van der Waals surface area (Å²) in [5, 5.41) is 28.6. The van der Waals surface area contributed by atoms with Gasteiger partial charge in [0.05, 0.1) is 12.6 Å². The van der Waals surface area contributed by atoms with Gasteiger partial charge < -0.3 is 20.2 Å². The lowest BCUT2D eigenvalue weighted by Crippen LogP contribution is -3.20. The average molecular weight is 188 g/mol. The fraction of sp³-hybridized carbons (Fsp3) is 1.00. The molecule has 0 aromatic rings. The summed E-state index contributed by atoms with van der Waals surface area (Å²) in [6, 6.07) is 0.146. The molecule has 5 unspecified atom stereocenters. The highest BCUT2D eigenvalue weighted by atomic mass is 16.3. The topological polar surface area (TPSA) is 65.1 Å². The Kier molecular flexibility index (Phi) is 2.55. The van der Waals surface area contributed by atoms with E-state index in [1.807, 2.05) is 0 Å². The predicted molar refractivity (Wildman–Crippen MR) is 46.4 cm³/mol. The maximum absolute atomic E-state index is 9.69. The lowest BCUT2D eigenvalue weighted by atomic mass is 9.88. The van der Waals surface area contributed by atoms with Gasteiger partial charge in [0.25, 0.3) is 0 Å². The summed E-state index contributed by atoms with van der Waals surface area (Å²) in [5.74, 6) is 0. The van der Waals surface area contributed by atoms with Gasteiger partial charge in [0.15, 0.2) is 0 Å². The number of hydrogen-bond donors (Lipinski definition) is 4. The van der Waals surface area contributed by atoms with Gasteiger partial charge >= 0.3 is 0 Å². The molecule has 13 heavy (non-hydrogen) atoms. The van der Waals surface area contributed by atoms with Gasteiger partial charge in [-0.3, -0.25) is 0 Å². The van der Waals surface area contributed by atoms with Gasteiger partial charge in [-0.05, 0) is 12.8 Å². The fourth-order valence-corrected chi connectivity index (χ4v) is 2.60. The molecule has 0 aromatic heterocycles. The minimum atomic E-state index is -0.638. The van der Waals surface area contributed by atoms with Gasteiger partial charge in [0.2, 0.25) is 0 Å². The van der Waals surface area contributed by atoms with Crippen molar-refractivity contribution in [3.63, 3.8) is 0 Å². The number of fused-ring (bicyclic) bond motifs is 1. The Bertz CT molecular complexity index is 188. The summed E-state index contributed by atoms with van der Waals surface area (Å²) in [4.78, 5) is 1.26. The fourth-order valence-electron chi connectivity index (χ4n) is 2.60. The summed E-state index contributed by atoms with van der Waals surface area (Å²) in [6.45, 7) is 1.61. The molecule has 2 heterocycles. The van der Waals surface area contributed by atoms with Crippen LogP contribution in [0.5, 0.6) is 0 Å². The number of aliphatic hydroxyl groups excluding tert-OH is 3. The van der Waals surface area contributed by atoms with Crippen molar-refractivity contribution in [3.8, 4) is 0 Å². The molecule has 0 aliphatic carbocycles. The molecule has 4 nitrogen and oxygen atoms in total. The van der Waals surface area contributed by atoms with E-state index in [1.54, 1.807) is 0 Å². The molecule has 4 N–H and O–H groups in total. The molecule has 0 amide bonds. The van der Waals surface area contributed by atoms with E-state index in [4.69, 9.17) is 0 Å². The van der Waals surface area contributed by atoms with Gasteiger partial charge in [-0.2, -0.15) is 0 Å². The first-order valence-electron chi connectivity index (χ1n) is 5.07. The van der Waals surface area contributed by atoms with E-state index in [1.165, 1.54) is 4.90 Å². The minimum absolute atomic E-state index is 0.146. The number of rotatable bonds is 0. The third kappa shape index (κ3) is 1.72. The van der Waals surface area contributed by atoms with Crippen LogP contribution in [0.3, 0.4) is 0 Å². The molecule has 0 bridgehead atoms. The normalized spacial score (nSPS) is 51.5. The molecule has 0 saturated carbocycles. The number of aliphatic hydroxyl groups is 3. The summed E-state index contributed by atoms with van der Waals surface area (Å²) in [7, 11) is 0. The second-order valence-electron chi connectivity index (χ2n) is 4.30. The molecule has 76 valence electrons. The van der Waals surface area contributed by atoms with Crippen molar-refractivity contribution in [2.75, 3.05) is 13.1 Å². The Labute approximate surface area is 77.8 Å². The molecule has 2 aliphatic heterocycles. The van der Waals surface area contributed by atoms with Crippen molar-refractivity contribution in [2.24, 2.45) is 0 Å². The number of hydrogen-bond acceptors (Lipinski definition) is 3. The van der Waals surface area contributed by atoms with E-state index < -0.39 is 12.2 Å². The first kappa shape index (κ1) is 9.40. The van der Waals surface area contributed by atoms with Crippen molar-refractivity contribution in [1.82, 2.24) is 0 Å². The average Bonchev–Trinajstić information content (AvgIpc) is 2.09. The molecule has 2 saturated heterocycles. The molecule has 2 rings (SSSR count). The minimum Gasteiger partial charge on any atom is -0.390 e. The van der Waals surface area contributed by atoms with Crippen molar-refractivity contribution in [1.29, 1.82) is 0 Å². The summed E-state index contributed by atoms with van der Waals surface area (Å²) in [5.41, 5.74) is 0. The van der Waals surface area contributed by atoms with Gasteiger partial charge in [0.1, 0.15) is 24.8 Å². The Morgan fingerprint density at radius 3 is 2.54 bits per heavy atom. The van der Waals surface area contributed by atoms with Crippen LogP contribution in [0.2, 0.25) is 0 Å². The van der Waals surface area contributed by atoms with E-state index >= 15 is 0 Å². The molecule has 0 radical (unpaired) electrons. The molecule has 0 aromatic carbocycles. The zero-order chi connectivity index (χ0) is 9.42. The highest BCUT2D eigenvalue weighted by molar-refractivity contribution is 4.82. The van der Waals surface area contributed by atoms with Crippen molar-refractivity contribution < 1.29 is 20.2 Å². The molecular weight excluding hydrogens is 170 g/mol. The van der Waals surface area contributed by atoms with Crippen LogP contribution in [0, 0.1) is 0 Å². The molecule has 2 fully saturated rings. The molecule has 2 aliphatic rings. The number of nitrogens with one attached hydrogen (secondary N) is 1. The zero-order valence-corrected chi connectivity index (χ0v) is 7.69. The van der Waals surface area contributed by atoms with Gasteiger partial charge in [-0.15, -0.1) is 0 Å². The Balaban J connectivity index is 2.04. The van der Waals surface area contributed by atoms with Gasteiger partial charge in [-0.1, -0.05) is 0 Å². The third-order valence-corrected chi connectivity index (χ3v) is 3.40. The molecule has 5 atom stereocenters. The van der Waals surface area contributed by atoms with E-state index in [-0.39, 0.29) is 12.1 Å². The summed E-state index contributed by atoms with van der Waals surface area (Å²) in [6.07, 6.45) is 0.883. The predicted octanol–water partition coefficient (Wildman–Crippen LogP) is -2.48. The van der Waals surface area contributed by atoms with Crippen LogP contribution in [0.25, 0.3) is 0 Å². The lowest BCUT2D eigenvalue weighted by Gasteiger charge is -2.42.